The average molecular weight is 410 g/mol. The van der Waals surface area contributed by atoms with Crippen molar-refractivity contribution in [2.75, 3.05) is 14.2 Å². The van der Waals surface area contributed by atoms with E-state index in [-0.39, 0.29) is 29.2 Å². The van der Waals surface area contributed by atoms with Gasteiger partial charge in [-0.15, -0.1) is 0 Å². The molecule has 29 heavy (non-hydrogen) atoms. The number of halogens is 2. The molecule has 0 heterocycles. The number of non-ortho nitro benzene ring substituents is 1. The zero-order valence-corrected chi connectivity index (χ0v) is 15.3. The minimum Gasteiger partial charge on any atom is -0.493 e. The number of hydrogen-bond acceptors (Lipinski definition) is 7. The largest absolute Gasteiger partial charge is 0.493 e. The lowest BCUT2D eigenvalue weighted by Gasteiger charge is -2.12. The molecule has 0 saturated carbocycles. The van der Waals surface area contributed by atoms with E-state index in [1.807, 2.05) is 0 Å². The van der Waals surface area contributed by atoms with Crippen molar-refractivity contribution in [1.82, 2.24) is 5.32 Å². The molecule has 0 spiro atoms. The minimum atomic E-state index is -3.02. The van der Waals surface area contributed by atoms with Crippen molar-refractivity contribution < 1.29 is 37.5 Å². The molecule has 0 aliphatic rings. The molecule has 2 aromatic carbocycles. The maximum Gasteiger partial charge on any atom is 0.387 e. The molecule has 0 atom stereocenters. The van der Waals surface area contributed by atoms with Gasteiger partial charge >= 0.3 is 12.6 Å². The Hall–Kier alpha value is -3.76. The van der Waals surface area contributed by atoms with Crippen LogP contribution in [0.4, 0.5) is 14.5 Å². The number of rotatable bonds is 8. The van der Waals surface area contributed by atoms with Crippen LogP contribution in [0.1, 0.15) is 26.3 Å². The molecule has 1 N–H and O–H groups in total. The minimum absolute atomic E-state index is 0.0413. The summed E-state index contributed by atoms with van der Waals surface area (Å²) in [5.74, 6) is -1.65. The summed E-state index contributed by atoms with van der Waals surface area (Å²) in [7, 11) is 2.38. The van der Waals surface area contributed by atoms with E-state index < -0.39 is 29.1 Å². The molecule has 2 aromatic rings. The number of methoxy groups -OCH3 is 2. The van der Waals surface area contributed by atoms with Gasteiger partial charge < -0.3 is 19.5 Å². The standard InChI is InChI=1S/C18H16F2N2O7/c1-27-15-5-10(3-4-14(15)29-18(19)20)9-21-16(23)11-6-12(17(24)28-2)8-13(7-11)22(25)26/h3-8,18H,9H2,1-2H3,(H,21,23). The molecular formula is C18H16F2N2O7. The molecule has 0 aliphatic heterocycles. The van der Waals surface area contributed by atoms with Crippen molar-refractivity contribution in [2.24, 2.45) is 0 Å². The zero-order chi connectivity index (χ0) is 21.6. The second-order valence-electron chi connectivity index (χ2n) is 5.56. The van der Waals surface area contributed by atoms with E-state index in [9.17, 15) is 28.5 Å². The van der Waals surface area contributed by atoms with Crippen LogP contribution >= 0.6 is 0 Å². The third-order valence-electron chi connectivity index (χ3n) is 3.71. The summed E-state index contributed by atoms with van der Waals surface area (Å²) < 4.78 is 38.6. The van der Waals surface area contributed by atoms with E-state index in [0.29, 0.717) is 5.56 Å². The number of nitro benzene ring substituents is 1. The molecule has 0 aromatic heterocycles. The Kier molecular flexibility index (Phi) is 7.01. The molecule has 0 unspecified atom stereocenters. The van der Waals surface area contributed by atoms with E-state index in [1.54, 1.807) is 0 Å². The van der Waals surface area contributed by atoms with Gasteiger partial charge in [0, 0.05) is 24.2 Å². The van der Waals surface area contributed by atoms with Gasteiger partial charge in [0.2, 0.25) is 0 Å². The van der Waals surface area contributed by atoms with E-state index in [0.717, 1.165) is 25.3 Å². The van der Waals surface area contributed by atoms with E-state index in [4.69, 9.17) is 4.74 Å². The van der Waals surface area contributed by atoms with Crippen LogP contribution in [-0.4, -0.2) is 37.6 Å². The summed E-state index contributed by atoms with van der Waals surface area (Å²) in [6.45, 7) is -3.06. The summed E-state index contributed by atoms with van der Waals surface area (Å²) >= 11 is 0. The van der Waals surface area contributed by atoms with Gasteiger partial charge in [-0.25, -0.2) is 4.79 Å². The Labute approximate surface area is 163 Å². The third-order valence-corrected chi connectivity index (χ3v) is 3.71. The highest BCUT2D eigenvalue weighted by molar-refractivity contribution is 5.98. The van der Waals surface area contributed by atoms with Gasteiger partial charge in [0.15, 0.2) is 11.5 Å². The number of nitrogens with zero attached hydrogens (tertiary/aromatic N) is 1. The fourth-order valence-electron chi connectivity index (χ4n) is 2.38. The number of carbonyl (C=O) groups excluding carboxylic acids is 2. The molecule has 0 aliphatic carbocycles. The van der Waals surface area contributed by atoms with E-state index in [1.165, 1.54) is 25.3 Å². The van der Waals surface area contributed by atoms with Crippen molar-refractivity contribution in [3.05, 3.63) is 63.2 Å². The summed E-state index contributed by atoms with van der Waals surface area (Å²) in [4.78, 5) is 34.3. The quantitative estimate of drug-likeness (QED) is 0.404. The lowest BCUT2D eigenvalue weighted by molar-refractivity contribution is -0.384. The monoisotopic (exact) mass is 410 g/mol. The van der Waals surface area contributed by atoms with E-state index in [2.05, 4.69) is 14.8 Å². The number of nitro groups is 1. The topological polar surface area (TPSA) is 117 Å². The first-order valence-electron chi connectivity index (χ1n) is 8.03. The molecular weight excluding hydrogens is 394 g/mol. The predicted molar refractivity (Wildman–Crippen MR) is 95.2 cm³/mol. The molecule has 0 bridgehead atoms. The maximum absolute atomic E-state index is 12.4. The van der Waals surface area contributed by atoms with E-state index >= 15 is 0 Å². The fourth-order valence-corrected chi connectivity index (χ4v) is 2.38. The molecule has 11 heteroatoms. The van der Waals surface area contributed by atoms with Crippen LogP contribution in [0.25, 0.3) is 0 Å². The number of alkyl halides is 2. The Bertz CT molecular complexity index is 934. The normalized spacial score (nSPS) is 10.4. The molecule has 154 valence electrons. The van der Waals surface area contributed by atoms with Crippen molar-refractivity contribution in [2.45, 2.75) is 13.2 Å². The van der Waals surface area contributed by atoms with Gasteiger partial charge in [-0.2, -0.15) is 8.78 Å². The molecule has 0 radical (unpaired) electrons. The summed E-state index contributed by atoms with van der Waals surface area (Å²) in [6.07, 6.45) is 0. The molecule has 9 nitrogen and oxygen atoms in total. The highest BCUT2D eigenvalue weighted by Crippen LogP contribution is 2.29. The number of amides is 1. The Morgan fingerprint density at radius 1 is 1.10 bits per heavy atom. The van der Waals surface area contributed by atoms with Crippen molar-refractivity contribution in [3.8, 4) is 11.5 Å². The van der Waals surface area contributed by atoms with Crippen LogP contribution in [0.5, 0.6) is 11.5 Å². The molecule has 2 rings (SSSR count). The lowest BCUT2D eigenvalue weighted by Crippen LogP contribution is -2.23. The molecule has 1 amide bonds. The Morgan fingerprint density at radius 3 is 2.38 bits per heavy atom. The van der Waals surface area contributed by atoms with Crippen LogP contribution in [0.2, 0.25) is 0 Å². The van der Waals surface area contributed by atoms with Crippen LogP contribution in [0, 0.1) is 10.1 Å². The van der Waals surface area contributed by atoms with Gasteiger partial charge in [0.1, 0.15) is 0 Å². The predicted octanol–water partition coefficient (Wildman–Crippen LogP) is 2.92. The number of hydrogen-bond donors (Lipinski definition) is 1. The Balaban J connectivity index is 2.19. The van der Waals surface area contributed by atoms with Crippen LogP contribution in [0.3, 0.4) is 0 Å². The Morgan fingerprint density at radius 2 is 1.79 bits per heavy atom. The van der Waals surface area contributed by atoms with Crippen LogP contribution < -0.4 is 14.8 Å². The van der Waals surface area contributed by atoms with Crippen molar-refractivity contribution >= 4 is 17.6 Å². The third kappa shape index (κ3) is 5.61. The first-order valence-corrected chi connectivity index (χ1v) is 8.03. The maximum atomic E-state index is 12.4. The van der Waals surface area contributed by atoms with Gasteiger partial charge in [-0.3, -0.25) is 14.9 Å². The number of nitrogens with one attached hydrogen (secondary N) is 1. The van der Waals surface area contributed by atoms with Crippen LogP contribution in [-0.2, 0) is 11.3 Å². The zero-order valence-electron chi connectivity index (χ0n) is 15.3. The molecule has 0 saturated heterocycles. The van der Waals surface area contributed by atoms with Crippen molar-refractivity contribution in [1.29, 1.82) is 0 Å². The number of ether oxygens (including phenoxy) is 3. The van der Waals surface area contributed by atoms with Crippen LogP contribution in [0.15, 0.2) is 36.4 Å². The summed E-state index contributed by atoms with van der Waals surface area (Å²) in [6, 6.07) is 7.26. The average Bonchev–Trinajstić information content (AvgIpc) is 2.71. The first kappa shape index (κ1) is 21.5. The number of carbonyl (C=O) groups is 2. The highest BCUT2D eigenvalue weighted by Gasteiger charge is 2.18. The summed E-state index contributed by atoms with van der Waals surface area (Å²) in [5, 5.41) is 13.6. The smallest absolute Gasteiger partial charge is 0.387 e. The fraction of sp³-hybridized carbons (Fsp3) is 0.222. The first-order chi connectivity index (χ1) is 13.7. The van der Waals surface area contributed by atoms with Gasteiger partial charge in [-0.05, 0) is 23.8 Å². The van der Waals surface area contributed by atoms with Crippen molar-refractivity contribution in [3.63, 3.8) is 0 Å². The number of esters is 1. The second-order valence-corrected chi connectivity index (χ2v) is 5.56. The highest BCUT2D eigenvalue weighted by atomic mass is 19.3. The van der Waals surface area contributed by atoms with Gasteiger partial charge in [0.05, 0.1) is 24.7 Å². The SMILES string of the molecule is COC(=O)c1cc(C(=O)NCc2ccc(OC(F)F)c(OC)c2)cc([N+](=O)[O-])c1. The second kappa shape index (κ2) is 9.44. The lowest BCUT2D eigenvalue weighted by atomic mass is 10.1. The summed E-state index contributed by atoms with van der Waals surface area (Å²) in [5.41, 5.74) is -0.227. The van der Waals surface area contributed by atoms with Gasteiger partial charge in [-0.1, -0.05) is 6.07 Å². The van der Waals surface area contributed by atoms with Gasteiger partial charge in [0.25, 0.3) is 11.6 Å². The number of benzene rings is 2. The molecule has 0 fully saturated rings.